The number of rotatable bonds is 7. The second-order valence-electron chi connectivity index (χ2n) is 9.32. The van der Waals surface area contributed by atoms with Gasteiger partial charge in [0, 0.05) is 22.5 Å². The maximum absolute atomic E-state index is 11.6. The minimum Gasteiger partial charge on any atom is -0.478 e. The second kappa shape index (κ2) is 10.7. The van der Waals surface area contributed by atoms with E-state index in [2.05, 4.69) is 0 Å². The summed E-state index contributed by atoms with van der Waals surface area (Å²) in [4.78, 5) is 21.3. The molecule has 200 valence electrons. The van der Waals surface area contributed by atoms with Gasteiger partial charge in [-0.1, -0.05) is 0 Å². The van der Waals surface area contributed by atoms with Crippen LogP contribution in [0.5, 0.6) is 23.0 Å². The molecule has 0 atom stereocenters. The Morgan fingerprint density at radius 3 is 1.34 bits per heavy atom. The normalized spacial score (nSPS) is 10.8. The first-order chi connectivity index (χ1) is 19.9. The highest BCUT2D eigenvalue weighted by Gasteiger charge is 2.15. The molecular weight excluding hydrogens is 516 g/mol. The smallest absolute Gasteiger partial charge is 0.335 e. The molecule has 0 aliphatic carbocycles. The Kier molecular flexibility index (Phi) is 6.63. The average molecular weight is 541 g/mol. The number of carbonyl (C=O) groups is 1. The Morgan fingerprint density at radius 1 is 0.537 bits per heavy atom. The molecular formula is C33H24N4O4. The van der Waals surface area contributed by atoms with Gasteiger partial charge in [-0.2, -0.15) is 0 Å². The van der Waals surface area contributed by atoms with E-state index in [1.165, 1.54) is 12.1 Å². The van der Waals surface area contributed by atoms with Crippen molar-refractivity contribution in [2.24, 2.45) is 0 Å². The SMILES string of the molecule is Nc1ccc(Oc2ccc(-c3nc4ccc(C(=O)O)cc4nc3-c3ccc(Oc4ccc(N)cc4)cc3)cc2)cc1. The number of nitrogens with zero attached hydrogens (tertiary/aromatic N) is 2. The van der Waals surface area contributed by atoms with Crippen LogP contribution in [0.4, 0.5) is 11.4 Å². The number of carboxylic acids is 1. The minimum atomic E-state index is -1.03. The predicted molar refractivity (Wildman–Crippen MR) is 159 cm³/mol. The summed E-state index contributed by atoms with van der Waals surface area (Å²) in [7, 11) is 0. The Balaban J connectivity index is 1.37. The molecule has 5 N–H and O–H groups in total. The molecule has 0 saturated heterocycles. The molecule has 0 radical (unpaired) electrons. The van der Waals surface area contributed by atoms with E-state index >= 15 is 0 Å². The van der Waals surface area contributed by atoms with Crippen LogP contribution in [0.3, 0.4) is 0 Å². The Morgan fingerprint density at radius 2 is 0.927 bits per heavy atom. The number of nitrogen functional groups attached to an aromatic ring is 2. The van der Waals surface area contributed by atoms with Gasteiger partial charge in [-0.3, -0.25) is 0 Å². The van der Waals surface area contributed by atoms with Crippen LogP contribution in [-0.2, 0) is 0 Å². The van der Waals surface area contributed by atoms with Crippen LogP contribution in [0.2, 0.25) is 0 Å². The highest BCUT2D eigenvalue weighted by atomic mass is 16.5. The number of benzene rings is 5. The van der Waals surface area contributed by atoms with E-state index in [9.17, 15) is 9.90 Å². The van der Waals surface area contributed by atoms with E-state index in [4.69, 9.17) is 30.9 Å². The fourth-order valence-corrected chi connectivity index (χ4v) is 4.30. The molecule has 0 spiro atoms. The van der Waals surface area contributed by atoms with Crippen LogP contribution in [0, 0.1) is 0 Å². The molecule has 6 aromatic rings. The van der Waals surface area contributed by atoms with Gasteiger partial charge >= 0.3 is 5.97 Å². The third-order valence-electron chi connectivity index (χ3n) is 6.40. The molecule has 0 bridgehead atoms. The highest BCUT2D eigenvalue weighted by Crippen LogP contribution is 2.34. The lowest BCUT2D eigenvalue weighted by atomic mass is 10.0. The first-order valence-corrected chi connectivity index (χ1v) is 12.7. The van der Waals surface area contributed by atoms with Crippen LogP contribution in [0.25, 0.3) is 33.5 Å². The van der Waals surface area contributed by atoms with E-state index in [1.807, 2.05) is 60.7 Å². The number of nitrogens with two attached hydrogens (primary N) is 2. The molecule has 0 aliphatic heterocycles. The predicted octanol–water partition coefficient (Wildman–Crippen LogP) is 7.41. The second-order valence-corrected chi connectivity index (χ2v) is 9.32. The summed E-state index contributed by atoms with van der Waals surface area (Å²) in [6, 6.07) is 34.1. The summed E-state index contributed by atoms with van der Waals surface area (Å²) in [5, 5.41) is 9.49. The van der Waals surface area contributed by atoms with E-state index in [-0.39, 0.29) is 5.56 Å². The average Bonchev–Trinajstić information content (AvgIpc) is 2.99. The van der Waals surface area contributed by atoms with Crippen LogP contribution in [0.15, 0.2) is 115 Å². The zero-order valence-corrected chi connectivity index (χ0v) is 21.7. The topological polar surface area (TPSA) is 134 Å². The fraction of sp³-hybridized carbons (Fsp3) is 0. The number of hydrogen-bond donors (Lipinski definition) is 3. The Hall–Kier alpha value is -5.89. The lowest BCUT2D eigenvalue weighted by Gasteiger charge is -2.13. The molecule has 0 fully saturated rings. The molecule has 8 nitrogen and oxygen atoms in total. The van der Waals surface area contributed by atoms with Crippen molar-refractivity contribution in [3.05, 3.63) is 121 Å². The van der Waals surface area contributed by atoms with Crippen molar-refractivity contribution in [2.45, 2.75) is 0 Å². The molecule has 0 amide bonds. The largest absolute Gasteiger partial charge is 0.478 e. The molecule has 0 unspecified atom stereocenters. The van der Waals surface area contributed by atoms with Gasteiger partial charge in [0.2, 0.25) is 0 Å². The summed E-state index contributed by atoms with van der Waals surface area (Å²) in [6.07, 6.45) is 0. The van der Waals surface area contributed by atoms with Crippen molar-refractivity contribution in [3.63, 3.8) is 0 Å². The molecule has 6 rings (SSSR count). The van der Waals surface area contributed by atoms with Crippen LogP contribution < -0.4 is 20.9 Å². The van der Waals surface area contributed by atoms with Crippen molar-refractivity contribution in [3.8, 4) is 45.5 Å². The summed E-state index contributed by atoms with van der Waals surface area (Å²) in [5.74, 6) is 1.62. The highest BCUT2D eigenvalue weighted by molar-refractivity contribution is 5.94. The summed E-state index contributed by atoms with van der Waals surface area (Å²) in [6.45, 7) is 0. The molecule has 8 heteroatoms. The molecule has 0 aliphatic rings. The van der Waals surface area contributed by atoms with Crippen molar-refractivity contribution >= 4 is 28.4 Å². The Labute approximate surface area is 235 Å². The van der Waals surface area contributed by atoms with E-state index in [0.29, 0.717) is 56.8 Å². The van der Waals surface area contributed by atoms with Gasteiger partial charge in [0.25, 0.3) is 0 Å². The van der Waals surface area contributed by atoms with Gasteiger partial charge in [0.05, 0.1) is 28.0 Å². The van der Waals surface area contributed by atoms with Crippen molar-refractivity contribution in [1.29, 1.82) is 0 Å². The molecule has 1 heterocycles. The molecule has 41 heavy (non-hydrogen) atoms. The van der Waals surface area contributed by atoms with Gasteiger partial charge < -0.3 is 26.0 Å². The third-order valence-corrected chi connectivity index (χ3v) is 6.40. The monoisotopic (exact) mass is 540 g/mol. The zero-order chi connectivity index (χ0) is 28.3. The number of hydrogen-bond acceptors (Lipinski definition) is 7. The Bertz CT molecular complexity index is 1850. The lowest BCUT2D eigenvalue weighted by Crippen LogP contribution is -1.99. The first kappa shape index (κ1) is 25.4. The van der Waals surface area contributed by atoms with Gasteiger partial charge in [-0.15, -0.1) is 0 Å². The quantitative estimate of drug-likeness (QED) is 0.178. The minimum absolute atomic E-state index is 0.141. The number of aromatic nitrogens is 2. The molecule has 1 aromatic heterocycles. The summed E-state index contributed by atoms with van der Waals surface area (Å²) >= 11 is 0. The maximum Gasteiger partial charge on any atom is 0.335 e. The van der Waals surface area contributed by atoms with Gasteiger partial charge in [-0.05, 0) is 115 Å². The first-order valence-electron chi connectivity index (χ1n) is 12.7. The number of ether oxygens (including phenoxy) is 2. The van der Waals surface area contributed by atoms with E-state index in [0.717, 1.165) is 11.1 Å². The number of carboxylic acid groups (broad SMARTS) is 1. The van der Waals surface area contributed by atoms with Crippen molar-refractivity contribution in [1.82, 2.24) is 9.97 Å². The van der Waals surface area contributed by atoms with Gasteiger partial charge in [-0.25, -0.2) is 14.8 Å². The van der Waals surface area contributed by atoms with Gasteiger partial charge in [0.1, 0.15) is 23.0 Å². The molecule has 0 saturated carbocycles. The standard InChI is InChI=1S/C33H24N4O4/c34-23-6-14-27(15-7-23)40-25-10-1-20(2-11-25)31-32(37-30-19-22(33(38)39)5-18-29(30)36-31)21-3-12-26(13-4-21)41-28-16-8-24(35)9-17-28/h1-19H,34-35H2,(H,38,39). The summed E-state index contributed by atoms with van der Waals surface area (Å²) < 4.78 is 11.9. The number of anilines is 2. The van der Waals surface area contributed by atoms with Gasteiger partial charge in [0.15, 0.2) is 0 Å². The van der Waals surface area contributed by atoms with E-state index in [1.54, 1.807) is 42.5 Å². The molecule has 5 aromatic carbocycles. The maximum atomic E-state index is 11.6. The van der Waals surface area contributed by atoms with Crippen LogP contribution >= 0.6 is 0 Å². The number of aromatic carboxylic acids is 1. The summed E-state index contributed by atoms with van der Waals surface area (Å²) in [5.41, 5.74) is 16.9. The lowest BCUT2D eigenvalue weighted by molar-refractivity contribution is 0.0697. The van der Waals surface area contributed by atoms with Crippen molar-refractivity contribution in [2.75, 3.05) is 11.5 Å². The number of fused-ring (bicyclic) bond motifs is 1. The van der Waals surface area contributed by atoms with E-state index < -0.39 is 5.97 Å². The van der Waals surface area contributed by atoms with Crippen LogP contribution in [0.1, 0.15) is 10.4 Å². The zero-order valence-electron chi connectivity index (χ0n) is 21.7. The van der Waals surface area contributed by atoms with Crippen molar-refractivity contribution < 1.29 is 19.4 Å². The van der Waals surface area contributed by atoms with Crippen LogP contribution in [-0.4, -0.2) is 21.0 Å². The fourth-order valence-electron chi connectivity index (χ4n) is 4.30. The third kappa shape index (κ3) is 5.62.